The highest BCUT2D eigenvalue weighted by atomic mass is 15.3. The smallest absolute Gasteiger partial charge is 0.0430 e. The van der Waals surface area contributed by atoms with Crippen LogP contribution in [0.25, 0.3) is 0 Å². The van der Waals surface area contributed by atoms with E-state index in [1.807, 2.05) is 0 Å². The molecule has 17 heavy (non-hydrogen) atoms. The second-order valence-electron chi connectivity index (χ2n) is 5.81. The molecule has 4 rings (SSSR count). The molecule has 0 amide bonds. The number of nitrogens with zero attached hydrogens (tertiary/aromatic N) is 1. The Balaban J connectivity index is 1.66. The Kier molecular flexibility index (Phi) is 2.19. The van der Waals surface area contributed by atoms with Gasteiger partial charge in [0, 0.05) is 30.9 Å². The molecule has 1 aliphatic carbocycles. The van der Waals surface area contributed by atoms with Gasteiger partial charge in [0.1, 0.15) is 0 Å². The normalized spacial score (nSPS) is 30.7. The topological polar surface area (TPSA) is 15.3 Å². The van der Waals surface area contributed by atoms with Crippen molar-refractivity contribution in [2.24, 2.45) is 0 Å². The molecule has 0 spiro atoms. The van der Waals surface area contributed by atoms with Gasteiger partial charge in [-0.1, -0.05) is 6.07 Å². The zero-order valence-corrected chi connectivity index (χ0v) is 10.3. The summed E-state index contributed by atoms with van der Waals surface area (Å²) in [7, 11) is 0. The zero-order valence-electron chi connectivity index (χ0n) is 10.3. The molecule has 2 fully saturated rings. The van der Waals surface area contributed by atoms with E-state index in [0.29, 0.717) is 0 Å². The minimum Gasteiger partial charge on any atom is -0.366 e. The van der Waals surface area contributed by atoms with E-state index >= 15 is 0 Å². The number of hydrogen-bond acceptors (Lipinski definition) is 2. The van der Waals surface area contributed by atoms with Crippen molar-refractivity contribution >= 4 is 5.69 Å². The highest BCUT2D eigenvalue weighted by Gasteiger charge is 2.37. The molecule has 90 valence electrons. The third kappa shape index (κ3) is 1.58. The molecule has 0 saturated carbocycles. The lowest BCUT2D eigenvalue weighted by Crippen LogP contribution is -2.43. The van der Waals surface area contributed by atoms with Gasteiger partial charge >= 0.3 is 0 Å². The molecule has 2 nitrogen and oxygen atoms in total. The first-order valence-electron chi connectivity index (χ1n) is 7.02. The van der Waals surface area contributed by atoms with Crippen LogP contribution < -0.4 is 10.2 Å². The van der Waals surface area contributed by atoms with E-state index in [-0.39, 0.29) is 0 Å². The number of hydrogen-bond donors (Lipinski definition) is 1. The largest absolute Gasteiger partial charge is 0.366 e. The number of aryl methyl sites for hydroxylation is 2. The number of anilines is 1. The average Bonchev–Trinajstić information content (AvgIpc) is 3.00. The maximum absolute atomic E-state index is 3.58. The van der Waals surface area contributed by atoms with Gasteiger partial charge in [0.25, 0.3) is 0 Å². The summed E-state index contributed by atoms with van der Waals surface area (Å²) < 4.78 is 0. The van der Waals surface area contributed by atoms with Crippen molar-refractivity contribution in [1.29, 1.82) is 0 Å². The van der Waals surface area contributed by atoms with Crippen molar-refractivity contribution < 1.29 is 0 Å². The van der Waals surface area contributed by atoms with Crippen LogP contribution in [0.3, 0.4) is 0 Å². The van der Waals surface area contributed by atoms with Crippen molar-refractivity contribution in [2.45, 2.75) is 44.2 Å². The summed E-state index contributed by atoms with van der Waals surface area (Å²) in [6, 6.07) is 8.70. The Morgan fingerprint density at radius 1 is 1.12 bits per heavy atom. The summed E-state index contributed by atoms with van der Waals surface area (Å²) in [4.78, 5) is 2.62. The van der Waals surface area contributed by atoms with Crippen LogP contribution in [0.1, 0.15) is 30.4 Å². The summed E-state index contributed by atoms with van der Waals surface area (Å²) in [5.41, 5.74) is 4.69. The van der Waals surface area contributed by atoms with Crippen molar-refractivity contribution in [3.05, 3.63) is 29.3 Å². The van der Waals surface area contributed by atoms with E-state index in [1.54, 1.807) is 11.1 Å². The first-order chi connectivity index (χ1) is 8.40. The average molecular weight is 228 g/mol. The van der Waals surface area contributed by atoms with Gasteiger partial charge < -0.3 is 10.2 Å². The number of nitrogens with one attached hydrogen (secondary N) is 1. The van der Waals surface area contributed by atoms with Crippen molar-refractivity contribution in [3.8, 4) is 0 Å². The highest BCUT2D eigenvalue weighted by molar-refractivity contribution is 5.54. The second kappa shape index (κ2) is 3.74. The number of benzene rings is 1. The van der Waals surface area contributed by atoms with Crippen LogP contribution in [0.5, 0.6) is 0 Å². The fourth-order valence-corrected chi connectivity index (χ4v) is 3.78. The lowest BCUT2D eigenvalue weighted by Gasteiger charge is -2.30. The quantitative estimate of drug-likeness (QED) is 0.792. The zero-order chi connectivity index (χ0) is 11.2. The van der Waals surface area contributed by atoms with Gasteiger partial charge in [-0.2, -0.15) is 0 Å². The van der Waals surface area contributed by atoms with Crippen LogP contribution in [-0.2, 0) is 12.8 Å². The Bertz CT molecular complexity index is 441. The molecule has 1 N–H and O–H groups in total. The van der Waals surface area contributed by atoms with Gasteiger partial charge in [-0.3, -0.25) is 0 Å². The first kappa shape index (κ1) is 9.95. The number of fused-ring (bicyclic) bond motifs is 3. The molecular weight excluding hydrogens is 208 g/mol. The van der Waals surface area contributed by atoms with Gasteiger partial charge in [-0.05, 0) is 55.4 Å². The maximum atomic E-state index is 3.58. The summed E-state index contributed by atoms with van der Waals surface area (Å²) in [5.74, 6) is 0. The van der Waals surface area contributed by atoms with Crippen LogP contribution in [0.15, 0.2) is 18.2 Å². The van der Waals surface area contributed by atoms with E-state index in [4.69, 9.17) is 0 Å². The maximum Gasteiger partial charge on any atom is 0.0430 e. The Morgan fingerprint density at radius 3 is 2.76 bits per heavy atom. The van der Waals surface area contributed by atoms with Crippen LogP contribution in [0, 0.1) is 0 Å². The molecule has 2 aliphatic heterocycles. The summed E-state index contributed by atoms with van der Waals surface area (Å²) in [6.45, 7) is 2.39. The third-order valence-electron chi connectivity index (χ3n) is 4.72. The van der Waals surface area contributed by atoms with Gasteiger partial charge in [0.2, 0.25) is 0 Å². The van der Waals surface area contributed by atoms with Gasteiger partial charge in [0.05, 0.1) is 0 Å². The minimum absolute atomic E-state index is 0.746. The molecule has 3 aliphatic rings. The van der Waals surface area contributed by atoms with Crippen LogP contribution in [-0.4, -0.2) is 25.2 Å². The monoisotopic (exact) mass is 228 g/mol. The van der Waals surface area contributed by atoms with E-state index in [9.17, 15) is 0 Å². The van der Waals surface area contributed by atoms with E-state index in [2.05, 4.69) is 28.4 Å². The summed E-state index contributed by atoms with van der Waals surface area (Å²) >= 11 is 0. The molecule has 2 atom stereocenters. The standard InChI is InChI=1S/C15H20N2/c1-2-4-12-7-14(6-5-11(12)3-1)17-10-13-8-15(17)9-16-13/h5-7,13,15-16H,1-4,8-10H2/t13-,15-/m1/s1. The van der Waals surface area contributed by atoms with Crippen LogP contribution >= 0.6 is 0 Å². The van der Waals surface area contributed by atoms with E-state index in [1.165, 1.54) is 50.9 Å². The summed E-state index contributed by atoms with van der Waals surface area (Å²) in [5, 5.41) is 3.58. The Hall–Kier alpha value is -1.02. The number of rotatable bonds is 1. The molecule has 2 saturated heterocycles. The predicted molar refractivity (Wildman–Crippen MR) is 70.6 cm³/mol. The lowest BCUT2D eigenvalue weighted by molar-refractivity contribution is 0.579. The van der Waals surface area contributed by atoms with Crippen LogP contribution in [0.4, 0.5) is 5.69 Å². The molecule has 2 heterocycles. The molecule has 1 aromatic carbocycles. The van der Waals surface area contributed by atoms with Gasteiger partial charge in [-0.25, -0.2) is 0 Å². The lowest BCUT2D eigenvalue weighted by atomic mass is 9.91. The molecule has 2 bridgehead atoms. The van der Waals surface area contributed by atoms with E-state index in [0.717, 1.165) is 12.1 Å². The van der Waals surface area contributed by atoms with Crippen LogP contribution in [0.2, 0.25) is 0 Å². The molecule has 2 heteroatoms. The summed E-state index contributed by atoms with van der Waals surface area (Å²) in [6.07, 6.45) is 6.69. The highest BCUT2D eigenvalue weighted by Crippen LogP contribution is 2.32. The van der Waals surface area contributed by atoms with Crippen molar-refractivity contribution in [1.82, 2.24) is 5.32 Å². The SMILES string of the molecule is c1cc2c(cc1N1C[C@H]3C[C@@H]1CN3)CCCC2. The van der Waals surface area contributed by atoms with Gasteiger partial charge in [-0.15, -0.1) is 0 Å². The molecule has 1 aromatic rings. The van der Waals surface area contributed by atoms with Crippen molar-refractivity contribution in [2.75, 3.05) is 18.0 Å². The fourth-order valence-electron chi connectivity index (χ4n) is 3.78. The molecule has 0 radical (unpaired) electrons. The van der Waals surface area contributed by atoms with E-state index < -0.39 is 0 Å². The minimum atomic E-state index is 0.746. The van der Waals surface area contributed by atoms with Crippen molar-refractivity contribution in [3.63, 3.8) is 0 Å². The van der Waals surface area contributed by atoms with Gasteiger partial charge in [0.15, 0.2) is 0 Å². The third-order valence-corrected chi connectivity index (χ3v) is 4.72. The molecular formula is C15H20N2. The fraction of sp³-hybridized carbons (Fsp3) is 0.600. The Morgan fingerprint density at radius 2 is 2.00 bits per heavy atom. The molecule has 0 unspecified atom stereocenters. The number of piperazine rings is 1. The Labute approximate surface area is 103 Å². The predicted octanol–water partition coefficient (Wildman–Crippen LogP) is 2.12. The second-order valence-corrected chi connectivity index (χ2v) is 5.81. The molecule has 0 aromatic heterocycles. The first-order valence-corrected chi connectivity index (χ1v) is 7.02.